The Hall–Kier alpha value is -0.740. The zero-order valence-electron chi connectivity index (χ0n) is 7.38. The first-order valence-electron chi connectivity index (χ1n) is 3.76. The molecule has 1 aromatic rings. The van der Waals surface area contributed by atoms with Crippen LogP contribution in [0.1, 0.15) is 10.4 Å². The second kappa shape index (κ2) is 4.66. The third kappa shape index (κ3) is 2.01. The van der Waals surface area contributed by atoms with E-state index in [0.717, 1.165) is 0 Å². The summed E-state index contributed by atoms with van der Waals surface area (Å²) >= 11 is 8.53. The van der Waals surface area contributed by atoms with Crippen molar-refractivity contribution in [2.45, 2.75) is 0 Å². The molecule has 0 aliphatic carbocycles. The van der Waals surface area contributed by atoms with Gasteiger partial charge in [0.25, 0.3) is 0 Å². The molecule has 1 N–H and O–H groups in total. The minimum atomic E-state index is -0.286. The van der Waals surface area contributed by atoms with Gasteiger partial charge in [-0.15, -0.1) is 11.6 Å². The summed E-state index contributed by atoms with van der Waals surface area (Å²) in [5.41, 5.74) is 0.281. The molecule has 0 amide bonds. The summed E-state index contributed by atoms with van der Waals surface area (Å²) < 4.78 is 5.39. The van der Waals surface area contributed by atoms with Gasteiger partial charge in [-0.1, -0.05) is 0 Å². The van der Waals surface area contributed by atoms with E-state index in [4.69, 9.17) is 16.3 Å². The van der Waals surface area contributed by atoms with Gasteiger partial charge < -0.3 is 9.84 Å². The van der Waals surface area contributed by atoms with E-state index in [1.807, 2.05) is 0 Å². The number of benzene rings is 1. The van der Waals surface area contributed by atoms with Crippen molar-refractivity contribution in [3.05, 3.63) is 22.2 Å². The Balaban J connectivity index is 3.31. The number of carbonyl (C=O) groups is 1. The number of rotatable bonds is 3. The van der Waals surface area contributed by atoms with Crippen molar-refractivity contribution in [3.63, 3.8) is 0 Å². The molecule has 0 spiro atoms. The number of carbonyl (C=O) groups excluding carboxylic acids is 1. The summed E-state index contributed by atoms with van der Waals surface area (Å²) in [6.07, 6.45) is 0. The van der Waals surface area contributed by atoms with E-state index in [-0.39, 0.29) is 28.7 Å². The number of methoxy groups -OCH3 is 1. The quantitative estimate of drug-likeness (QED) is 0.683. The smallest absolute Gasteiger partial charge is 0.181 e. The molecule has 0 atom stereocenters. The summed E-state index contributed by atoms with van der Waals surface area (Å²) in [4.78, 5) is 11.3. The molecule has 5 heteroatoms. The van der Waals surface area contributed by atoms with Crippen LogP contribution in [0.2, 0.25) is 0 Å². The second-order valence-corrected chi connectivity index (χ2v) is 3.66. The van der Waals surface area contributed by atoms with Crippen LogP contribution in [-0.4, -0.2) is 23.9 Å². The largest absolute Gasteiger partial charge is 0.503 e. The maximum atomic E-state index is 11.3. The first kappa shape index (κ1) is 11.3. The number of aromatic hydroxyl groups is 1. The highest BCUT2D eigenvalue weighted by atomic mass is 79.9. The number of ketones is 1. The minimum absolute atomic E-state index is 0.0940. The third-order valence-corrected chi connectivity index (χ3v) is 2.59. The van der Waals surface area contributed by atoms with Gasteiger partial charge >= 0.3 is 0 Å². The van der Waals surface area contributed by atoms with Gasteiger partial charge in [-0.25, -0.2) is 0 Å². The zero-order valence-corrected chi connectivity index (χ0v) is 9.72. The van der Waals surface area contributed by atoms with Crippen LogP contribution in [0.5, 0.6) is 11.5 Å². The van der Waals surface area contributed by atoms with Gasteiger partial charge in [0.2, 0.25) is 0 Å². The Morgan fingerprint density at radius 2 is 2.29 bits per heavy atom. The van der Waals surface area contributed by atoms with Crippen LogP contribution in [0, 0.1) is 0 Å². The van der Waals surface area contributed by atoms with Crippen LogP contribution in [-0.2, 0) is 0 Å². The van der Waals surface area contributed by atoms with Crippen molar-refractivity contribution in [1.82, 2.24) is 0 Å². The van der Waals surface area contributed by atoms with E-state index in [2.05, 4.69) is 15.9 Å². The highest BCUT2D eigenvalue weighted by molar-refractivity contribution is 9.10. The highest BCUT2D eigenvalue weighted by Gasteiger charge is 2.16. The number of phenolic OH excluding ortho intramolecular Hbond substituents is 1. The summed E-state index contributed by atoms with van der Waals surface area (Å²) in [6.45, 7) is 0. The second-order valence-electron chi connectivity index (χ2n) is 2.53. The molecule has 0 bridgehead atoms. The van der Waals surface area contributed by atoms with Gasteiger partial charge in [0.15, 0.2) is 17.3 Å². The van der Waals surface area contributed by atoms with Gasteiger partial charge in [-0.2, -0.15) is 0 Å². The van der Waals surface area contributed by atoms with Gasteiger partial charge in [-0.05, 0) is 28.1 Å². The number of Topliss-reactive ketones (excluding diaryl/α,β-unsaturated/α-hetero) is 1. The molecule has 0 aliphatic heterocycles. The van der Waals surface area contributed by atoms with Crippen LogP contribution in [0.15, 0.2) is 16.6 Å². The van der Waals surface area contributed by atoms with Crippen LogP contribution in [0.4, 0.5) is 0 Å². The van der Waals surface area contributed by atoms with E-state index in [0.29, 0.717) is 4.47 Å². The van der Waals surface area contributed by atoms with E-state index >= 15 is 0 Å². The lowest BCUT2D eigenvalue weighted by molar-refractivity contribution is 0.101. The van der Waals surface area contributed by atoms with Gasteiger partial charge in [0.05, 0.1) is 23.0 Å². The molecule has 0 radical (unpaired) electrons. The number of ether oxygens (including phenoxy) is 1. The summed E-state index contributed by atoms with van der Waals surface area (Å²) in [5, 5.41) is 9.56. The predicted molar refractivity (Wildman–Crippen MR) is 57.4 cm³/mol. The zero-order chi connectivity index (χ0) is 10.7. The summed E-state index contributed by atoms with van der Waals surface area (Å²) in [7, 11) is 1.38. The lowest BCUT2D eigenvalue weighted by atomic mass is 10.1. The van der Waals surface area contributed by atoms with E-state index in [1.54, 1.807) is 12.1 Å². The van der Waals surface area contributed by atoms with Crippen molar-refractivity contribution >= 4 is 33.3 Å². The van der Waals surface area contributed by atoms with Crippen LogP contribution in [0.3, 0.4) is 0 Å². The van der Waals surface area contributed by atoms with Crippen molar-refractivity contribution in [2.24, 2.45) is 0 Å². The Kier molecular flexibility index (Phi) is 3.77. The first-order valence-corrected chi connectivity index (χ1v) is 5.09. The molecule has 0 unspecified atom stereocenters. The fourth-order valence-electron chi connectivity index (χ4n) is 1.05. The van der Waals surface area contributed by atoms with E-state index in [9.17, 15) is 9.90 Å². The van der Waals surface area contributed by atoms with Gasteiger partial charge in [-0.3, -0.25) is 4.79 Å². The third-order valence-electron chi connectivity index (χ3n) is 1.71. The van der Waals surface area contributed by atoms with Crippen molar-refractivity contribution in [1.29, 1.82) is 0 Å². The molecular weight excluding hydrogens is 271 g/mol. The topological polar surface area (TPSA) is 46.5 Å². The lowest BCUT2D eigenvalue weighted by Gasteiger charge is -2.09. The van der Waals surface area contributed by atoms with E-state index in [1.165, 1.54) is 7.11 Å². The SMILES string of the molecule is COc1c(C(=O)CCl)ccc(Br)c1O. The lowest BCUT2D eigenvalue weighted by Crippen LogP contribution is -2.03. The Morgan fingerprint density at radius 1 is 1.64 bits per heavy atom. The molecule has 1 aromatic carbocycles. The van der Waals surface area contributed by atoms with Crippen molar-refractivity contribution in [3.8, 4) is 11.5 Å². The average molecular weight is 280 g/mol. The Bertz CT molecular complexity index is 365. The van der Waals surface area contributed by atoms with Crippen LogP contribution in [0.25, 0.3) is 0 Å². The molecule has 3 nitrogen and oxygen atoms in total. The fraction of sp³-hybridized carbons (Fsp3) is 0.222. The number of alkyl halides is 1. The molecule has 76 valence electrons. The number of halogens is 2. The standard InChI is InChI=1S/C9H8BrClO3/c1-14-9-5(7(12)4-11)2-3-6(10)8(9)13/h2-3,13H,4H2,1H3. The predicted octanol–water partition coefficient (Wildman–Crippen LogP) is 2.58. The van der Waals surface area contributed by atoms with Gasteiger partial charge in [0.1, 0.15) is 0 Å². The van der Waals surface area contributed by atoms with Crippen molar-refractivity contribution in [2.75, 3.05) is 13.0 Å². The monoisotopic (exact) mass is 278 g/mol. The molecule has 14 heavy (non-hydrogen) atoms. The van der Waals surface area contributed by atoms with E-state index < -0.39 is 0 Å². The normalized spacial score (nSPS) is 9.93. The Labute approximate surface area is 94.8 Å². The molecular formula is C9H8BrClO3. The average Bonchev–Trinajstić information content (AvgIpc) is 2.20. The maximum Gasteiger partial charge on any atom is 0.181 e. The molecule has 0 fully saturated rings. The van der Waals surface area contributed by atoms with Crippen molar-refractivity contribution < 1.29 is 14.6 Å². The maximum absolute atomic E-state index is 11.3. The van der Waals surface area contributed by atoms with Gasteiger partial charge in [0, 0.05) is 0 Å². The molecule has 0 aliphatic rings. The molecule has 0 heterocycles. The first-order chi connectivity index (χ1) is 6.61. The number of phenols is 1. The summed E-state index contributed by atoms with van der Waals surface area (Å²) in [5.74, 6) is -0.378. The summed E-state index contributed by atoms with van der Waals surface area (Å²) in [6, 6.07) is 3.12. The molecule has 0 saturated carbocycles. The minimum Gasteiger partial charge on any atom is -0.503 e. The fourth-order valence-corrected chi connectivity index (χ4v) is 1.50. The van der Waals surface area contributed by atoms with Crippen LogP contribution < -0.4 is 4.74 Å². The molecule has 0 saturated heterocycles. The molecule has 1 rings (SSSR count). The van der Waals surface area contributed by atoms with Crippen LogP contribution >= 0.6 is 27.5 Å². The number of hydrogen-bond acceptors (Lipinski definition) is 3. The highest BCUT2D eigenvalue weighted by Crippen LogP contribution is 2.37. The number of hydrogen-bond donors (Lipinski definition) is 1. The molecule has 0 aromatic heterocycles. The Morgan fingerprint density at radius 3 is 2.79 bits per heavy atom.